The quantitative estimate of drug-likeness (QED) is 0.494. The van der Waals surface area contributed by atoms with Gasteiger partial charge >= 0.3 is 5.97 Å². The highest BCUT2D eigenvalue weighted by molar-refractivity contribution is 9.11. The summed E-state index contributed by atoms with van der Waals surface area (Å²) in [7, 11) is 0. The summed E-state index contributed by atoms with van der Waals surface area (Å²) < 4.78 is 6.65. The summed E-state index contributed by atoms with van der Waals surface area (Å²) in [6, 6.07) is 9.81. The maximum Gasteiger partial charge on any atom is 0.337 e. The zero-order valence-corrected chi connectivity index (χ0v) is 18.4. The molecule has 0 aliphatic rings. The van der Waals surface area contributed by atoms with Crippen molar-refractivity contribution in [3.05, 3.63) is 56.5 Å². The molecule has 9 heteroatoms. The Hall–Kier alpha value is -1.97. The Morgan fingerprint density at radius 1 is 1.19 bits per heavy atom. The molecule has 0 heterocycles. The number of carboxylic acid groups (broad SMARTS) is 1. The number of carboxylic acids is 1. The molecule has 142 valence electrons. The van der Waals surface area contributed by atoms with Crippen LogP contribution in [-0.2, 0) is 0 Å². The number of amides is 1. The molecular formula is C18H16Br2N2O4S. The lowest BCUT2D eigenvalue weighted by molar-refractivity contribution is 0.0697. The van der Waals surface area contributed by atoms with Crippen LogP contribution in [0.3, 0.4) is 0 Å². The summed E-state index contributed by atoms with van der Waals surface area (Å²) in [6.07, 6.45) is -0.0183. The van der Waals surface area contributed by atoms with Crippen molar-refractivity contribution in [2.45, 2.75) is 20.0 Å². The Balaban J connectivity index is 2.15. The second-order valence-corrected chi connectivity index (χ2v) is 7.90. The Bertz CT molecular complexity index is 903. The Morgan fingerprint density at radius 2 is 1.89 bits per heavy atom. The summed E-state index contributed by atoms with van der Waals surface area (Å²) >= 11 is 11.7. The molecule has 3 N–H and O–H groups in total. The number of rotatable bonds is 5. The van der Waals surface area contributed by atoms with E-state index in [1.165, 1.54) is 6.07 Å². The van der Waals surface area contributed by atoms with E-state index in [2.05, 4.69) is 42.5 Å². The fourth-order valence-electron chi connectivity index (χ4n) is 2.17. The van der Waals surface area contributed by atoms with E-state index in [0.717, 1.165) is 0 Å². The third-order valence-electron chi connectivity index (χ3n) is 3.22. The molecule has 2 rings (SSSR count). The Kier molecular flexibility index (Phi) is 7.34. The molecular weight excluding hydrogens is 500 g/mol. The van der Waals surface area contributed by atoms with E-state index in [1.807, 2.05) is 13.8 Å². The Labute approximate surface area is 178 Å². The highest BCUT2D eigenvalue weighted by atomic mass is 79.9. The molecule has 0 fully saturated rings. The van der Waals surface area contributed by atoms with E-state index in [-0.39, 0.29) is 22.5 Å². The number of thiocarbonyl (C=S) groups is 1. The van der Waals surface area contributed by atoms with Crippen molar-refractivity contribution in [1.82, 2.24) is 5.32 Å². The number of carbonyl (C=O) groups excluding carboxylic acids is 1. The average molecular weight is 516 g/mol. The summed E-state index contributed by atoms with van der Waals surface area (Å²) in [5.41, 5.74) is 0.610. The van der Waals surface area contributed by atoms with Gasteiger partial charge in [0.1, 0.15) is 5.75 Å². The number of benzene rings is 2. The first kappa shape index (κ1) is 21.3. The second kappa shape index (κ2) is 9.29. The number of ether oxygens (including phenoxy) is 1. The number of aromatic carboxylic acids is 1. The van der Waals surface area contributed by atoms with Gasteiger partial charge in [0.15, 0.2) is 5.11 Å². The molecule has 0 unspecified atom stereocenters. The van der Waals surface area contributed by atoms with Crippen molar-refractivity contribution >= 4 is 66.8 Å². The molecule has 0 bridgehead atoms. The van der Waals surface area contributed by atoms with Crippen LogP contribution in [0.5, 0.6) is 5.75 Å². The van der Waals surface area contributed by atoms with Crippen LogP contribution in [0, 0.1) is 0 Å². The van der Waals surface area contributed by atoms with E-state index in [0.29, 0.717) is 20.3 Å². The molecule has 2 aromatic carbocycles. The van der Waals surface area contributed by atoms with Gasteiger partial charge in [-0.05, 0) is 72.3 Å². The average Bonchev–Trinajstić information content (AvgIpc) is 2.56. The number of nitrogens with one attached hydrogen (secondary N) is 2. The van der Waals surface area contributed by atoms with Crippen LogP contribution in [0.4, 0.5) is 5.69 Å². The van der Waals surface area contributed by atoms with E-state index in [1.54, 1.807) is 30.3 Å². The lowest BCUT2D eigenvalue weighted by atomic mass is 10.2. The first-order chi connectivity index (χ1) is 12.7. The normalized spacial score (nSPS) is 10.4. The third kappa shape index (κ3) is 6.02. The fraction of sp³-hybridized carbons (Fsp3) is 0.167. The summed E-state index contributed by atoms with van der Waals surface area (Å²) in [4.78, 5) is 23.9. The zero-order chi connectivity index (χ0) is 20.1. The number of halogens is 2. The van der Waals surface area contributed by atoms with Gasteiger partial charge in [-0.3, -0.25) is 10.1 Å². The monoisotopic (exact) mass is 514 g/mol. The van der Waals surface area contributed by atoms with Crippen LogP contribution in [0.15, 0.2) is 45.3 Å². The van der Waals surface area contributed by atoms with Crippen molar-refractivity contribution in [1.29, 1.82) is 0 Å². The van der Waals surface area contributed by atoms with Crippen molar-refractivity contribution in [2.24, 2.45) is 0 Å². The summed E-state index contributed by atoms with van der Waals surface area (Å²) in [5.74, 6) is -1.00. The van der Waals surface area contributed by atoms with Crippen LogP contribution in [-0.4, -0.2) is 28.2 Å². The molecule has 0 atom stereocenters. The molecule has 0 aliphatic heterocycles. The minimum Gasteiger partial charge on any atom is -0.491 e. The molecule has 27 heavy (non-hydrogen) atoms. The Morgan fingerprint density at radius 3 is 2.52 bits per heavy atom. The van der Waals surface area contributed by atoms with Crippen LogP contribution in [0.1, 0.15) is 34.6 Å². The molecule has 0 aliphatic carbocycles. The van der Waals surface area contributed by atoms with Crippen LogP contribution >= 0.6 is 44.1 Å². The minimum atomic E-state index is -1.13. The van der Waals surface area contributed by atoms with Gasteiger partial charge in [-0.25, -0.2) is 4.79 Å². The summed E-state index contributed by atoms with van der Waals surface area (Å²) in [5, 5.41) is 14.6. The molecule has 0 radical (unpaired) electrons. The number of hydrogen-bond donors (Lipinski definition) is 3. The molecule has 1 amide bonds. The maximum absolute atomic E-state index is 12.4. The smallest absolute Gasteiger partial charge is 0.337 e. The van der Waals surface area contributed by atoms with Gasteiger partial charge in [-0.2, -0.15) is 0 Å². The van der Waals surface area contributed by atoms with Gasteiger partial charge in [0.25, 0.3) is 5.91 Å². The van der Waals surface area contributed by atoms with E-state index >= 15 is 0 Å². The van der Waals surface area contributed by atoms with Gasteiger partial charge < -0.3 is 15.2 Å². The fourth-order valence-corrected chi connectivity index (χ4v) is 3.69. The van der Waals surface area contributed by atoms with E-state index in [9.17, 15) is 14.7 Å². The van der Waals surface area contributed by atoms with Gasteiger partial charge in [-0.1, -0.05) is 22.0 Å². The predicted molar refractivity (Wildman–Crippen MR) is 115 cm³/mol. The van der Waals surface area contributed by atoms with Crippen LogP contribution in [0.25, 0.3) is 0 Å². The zero-order valence-electron chi connectivity index (χ0n) is 14.4. The lowest BCUT2D eigenvalue weighted by Crippen LogP contribution is -2.34. The lowest BCUT2D eigenvalue weighted by Gasteiger charge is -2.14. The highest BCUT2D eigenvalue weighted by Gasteiger charge is 2.17. The topological polar surface area (TPSA) is 87.7 Å². The van der Waals surface area contributed by atoms with Gasteiger partial charge in [0.2, 0.25) is 0 Å². The minimum absolute atomic E-state index is 0.000166. The first-order valence-corrected chi connectivity index (χ1v) is 9.78. The molecule has 6 nitrogen and oxygen atoms in total. The molecule has 0 spiro atoms. The van der Waals surface area contributed by atoms with Crippen molar-refractivity contribution < 1.29 is 19.4 Å². The first-order valence-electron chi connectivity index (χ1n) is 7.78. The van der Waals surface area contributed by atoms with Gasteiger partial charge in [0, 0.05) is 14.5 Å². The maximum atomic E-state index is 12.4. The number of carbonyl (C=O) groups is 2. The van der Waals surface area contributed by atoms with E-state index < -0.39 is 11.9 Å². The SMILES string of the molecule is CC(C)Oc1cccc(C(=O)NC(=S)Nc2c(Br)cc(Br)cc2C(=O)O)c1. The van der Waals surface area contributed by atoms with Gasteiger partial charge in [-0.15, -0.1) is 0 Å². The predicted octanol–water partition coefficient (Wildman–Crippen LogP) is 4.82. The van der Waals surface area contributed by atoms with Gasteiger partial charge in [0.05, 0.1) is 17.4 Å². The largest absolute Gasteiger partial charge is 0.491 e. The van der Waals surface area contributed by atoms with Crippen molar-refractivity contribution in [2.75, 3.05) is 5.32 Å². The molecule has 2 aromatic rings. The van der Waals surface area contributed by atoms with E-state index in [4.69, 9.17) is 17.0 Å². The second-order valence-electron chi connectivity index (χ2n) is 5.72. The highest BCUT2D eigenvalue weighted by Crippen LogP contribution is 2.31. The molecule has 0 saturated heterocycles. The molecule has 0 aromatic heterocycles. The van der Waals surface area contributed by atoms with Crippen molar-refractivity contribution in [3.63, 3.8) is 0 Å². The number of hydrogen-bond acceptors (Lipinski definition) is 4. The van der Waals surface area contributed by atoms with Crippen LogP contribution in [0.2, 0.25) is 0 Å². The standard InChI is InChI=1S/C18H16Br2N2O4S/c1-9(2)26-12-5-3-4-10(6-12)16(23)22-18(27)21-15-13(17(24)25)7-11(19)8-14(15)20/h3-9H,1-2H3,(H,24,25)(H2,21,22,23,27). The number of anilines is 1. The summed E-state index contributed by atoms with van der Waals surface area (Å²) in [6.45, 7) is 3.78. The van der Waals surface area contributed by atoms with Crippen molar-refractivity contribution in [3.8, 4) is 5.75 Å². The third-order valence-corrected chi connectivity index (χ3v) is 4.51. The molecule has 0 saturated carbocycles. The van der Waals surface area contributed by atoms with Crippen LogP contribution < -0.4 is 15.4 Å².